The van der Waals surface area contributed by atoms with Crippen molar-refractivity contribution >= 4 is 29.1 Å². The fraction of sp³-hybridized carbons (Fsp3) is 0.154. The highest BCUT2D eigenvalue weighted by Gasteiger charge is 2.10. The average Bonchev–Trinajstić information content (AvgIpc) is 2.38. The van der Waals surface area contributed by atoms with E-state index in [1.54, 1.807) is 6.92 Å². The molecule has 1 aromatic carbocycles. The number of rotatable bonds is 4. The summed E-state index contributed by atoms with van der Waals surface area (Å²) in [5.41, 5.74) is 0.742. The molecule has 0 aliphatic heterocycles. The standard InChI is InChI=1S/C13H11ClN2O3S/c1-7-4-12(19)16-13(15-7)20-6-11(18)8-2-3-10(17)9(14)5-8/h2-5,17H,6H2,1H3,(H,15,16,19). The van der Waals surface area contributed by atoms with E-state index in [9.17, 15) is 14.7 Å². The number of Topliss-reactive ketones (excluding diaryl/α,β-unsaturated/α-hetero) is 1. The number of halogens is 1. The first-order chi connectivity index (χ1) is 9.45. The van der Waals surface area contributed by atoms with Gasteiger partial charge >= 0.3 is 0 Å². The highest BCUT2D eigenvalue weighted by molar-refractivity contribution is 7.99. The van der Waals surface area contributed by atoms with Crippen molar-refractivity contribution in [1.29, 1.82) is 0 Å². The van der Waals surface area contributed by atoms with E-state index in [-0.39, 0.29) is 27.9 Å². The molecule has 0 saturated carbocycles. The molecule has 104 valence electrons. The fourth-order valence-electron chi connectivity index (χ4n) is 1.52. The molecule has 1 aromatic heterocycles. The third-order valence-electron chi connectivity index (χ3n) is 2.46. The van der Waals surface area contributed by atoms with Gasteiger partial charge in [0, 0.05) is 17.3 Å². The van der Waals surface area contributed by atoms with Crippen LogP contribution in [0.3, 0.4) is 0 Å². The lowest BCUT2D eigenvalue weighted by atomic mass is 10.1. The van der Waals surface area contributed by atoms with Crippen LogP contribution in [0.4, 0.5) is 0 Å². The maximum Gasteiger partial charge on any atom is 0.251 e. The maximum atomic E-state index is 12.0. The minimum atomic E-state index is -0.250. The van der Waals surface area contributed by atoms with Crippen molar-refractivity contribution < 1.29 is 9.90 Å². The van der Waals surface area contributed by atoms with E-state index < -0.39 is 0 Å². The second kappa shape index (κ2) is 6.11. The number of thioether (sulfide) groups is 1. The summed E-state index contributed by atoms with van der Waals surface area (Å²) < 4.78 is 0. The van der Waals surface area contributed by atoms with Gasteiger partial charge in [0.1, 0.15) is 5.75 Å². The minimum Gasteiger partial charge on any atom is -0.506 e. The Bertz CT molecular complexity index is 715. The molecular formula is C13H11ClN2O3S. The van der Waals surface area contributed by atoms with Gasteiger partial charge in [-0.25, -0.2) is 4.98 Å². The van der Waals surface area contributed by atoms with Crippen LogP contribution >= 0.6 is 23.4 Å². The molecule has 0 amide bonds. The fourth-order valence-corrected chi connectivity index (χ4v) is 2.51. The predicted molar refractivity (Wildman–Crippen MR) is 77.8 cm³/mol. The van der Waals surface area contributed by atoms with Crippen molar-refractivity contribution in [3.05, 3.63) is 50.9 Å². The number of ketones is 1. The molecule has 2 rings (SSSR count). The van der Waals surface area contributed by atoms with Gasteiger partial charge in [0.15, 0.2) is 10.9 Å². The number of phenolic OH excluding ortho intramolecular Hbond substituents is 1. The maximum absolute atomic E-state index is 12.0. The van der Waals surface area contributed by atoms with E-state index in [4.69, 9.17) is 11.6 Å². The Kier molecular flexibility index (Phi) is 4.46. The van der Waals surface area contributed by atoms with Crippen LogP contribution in [-0.4, -0.2) is 26.6 Å². The third-order valence-corrected chi connectivity index (χ3v) is 3.63. The van der Waals surface area contributed by atoms with Gasteiger partial charge in [-0.3, -0.25) is 9.59 Å². The number of aromatic amines is 1. The van der Waals surface area contributed by atoms with Crippen molar-refractivity contribution in [2.45, 2.75) is 12.1 Å². The number of nitrogens with zero attached hydrogens (tertiary/aromatic N) is 1. The average molecular weight is 311 g/mol. The molecule has 1 heterocycles. The normalized spacial score (nSPS) is 10.5. The van der Waals surface area contributed by atoms with E-state index in [1.165, 1.54) is 24.3 Å². The Balaban J connectivity index is 2.08. The van der Waals surface area contributed by atoms with Gasteiger partial charge in [-0.15, -0.1) is 0 Å². The molecule has 0 bridgehead atoms. The summed E-state index contributed by atoms with van der Waals surface area (Å²) in [6.07, 6.45) is 0. The van der Waals surface area contributed by atoms with Crippen LogP contribution < -0.4 is 5.56 Å². The van der Waals surface area contributed by atoms with E-state index >= 15 is 0 Å². The van der Waals surface area contributed by atoms with E-state index in [0.29, 0.717) is 16.4 Å². The lowest BCUT2D eigenvalue weighted by Crippen LogP contribution is -2.10. The first kappa shape index (κ1) is 14.6. The molecule has 0 aliphatic carbocycles. The van der Waals surface area contributed by atoms with Crippen LogP contribution in [0.2, 0.25) is 5.02 Å². The van der Waals surface area contributed by atoms with Crippen LogP contribution in [0.1, 0.15) is 16.1 Å². The van der Waals surface area contributed by atoms with Gasteiger partial charge in [-0.05, 0) is 25.1 Å². The molecule has 0 saturated heterocycles. The van der Waals surface area contributed by atoms with Gasteiger partial charge in [-0.2, -0.15) is 0 Å². The van der Waals surface area contributed by atoms with Gasteiger partial charge in [0.2, 0.25) is 0 Å². The van der Waals surface area contributed by atoms with Crippen LogP contribution in [0.5, 0.6) is 5.75 Å². The number of benzene rings is 1. The van der Waals surface area contributed by atoms with Gasteiger partial charge in [0.25, 0.3) is 5.56 Å². The van der Waals surface area contributed by atoms with Crippen molar-refractivity contribution in [3.8, 4) is 5.75 Å². The summed E-state index contributed by atoms with van der Waals surface area (Å²) in [6, 6.07) is 5.65. The molecule has 0 spiro atoms. The van der Waals surface area contributed by atoms with Crippen LogP contribution in [0, 0.1) is 6.92 Å². The number of aryl methyl sites for hydroxylation is 1. The van der Waals surface area contributed by atoms with Crippen molar-refractivity contribution in [1.82, 2.24) is 9.97 Å². The molecule has 0 radical (unpaired) electrons. The van der Waals surface area contributed by atoms with Crippen LogP contribution in [-0.2, 0) is 0 Å². The second-order valence-electron chi connectivity index (χ2n) is 4.07. The number of hydrogen-bond acceptors (Lipinski definition) is 5. The number of carbonyl (C=O) groups is 1. The Morgan fingerprint density at radius 1 is 1.45 bits per heavy atom. The van der Waals surface area contributed by atoms with Crippen LogP contribution in [0.25, 0.3) is 0 Å². The number of aromatic hydroxyl groups is 1. The zero-order chi connectivity index (χ0) is 14.7. The molecule has 0 aliphatic rings. The molecule has 2 N–H and O–H groups in total. The third kappa shape index (κ3) is 3.61. The van der Waals surface area contributed by atoms with Crippen molar-refractivity contribution in [2.24, 2.45) is 0 Å². The molecule has 7 heteroatoms. The Morgan fingerprint density at radius 3 is 2.85 bits per heavy atom. The van der Waals surface area contributed by atoms with Gasteiger partial charge < -0.3 is 10.1 Å². The first-order valence-electron chi connectivity index (χ1n) is 5.68. The largest absolute Gasteiger partial charge is 0.506 e. The summed E-state index contributed by atoms with van der Waals surface area (Å²) in [7, 11) is 0. The highest BCUT2D eigenvalue weighted by atomic mass is 35.5. The minimum absolute atomic E-state index is 0.0689. The summed E-state index contributed by atoms with van der Waals surface area (Å²) in [5.74, 6) is -0.116. The monoisotopic (exact) mass is 310 g/mol. The summed E-state index contributed by atoms with van der Waals surface area (Å²) in [6.45, 7) is 1.71. The second-order valence-corrected chi connectivity index (χ2v) is 5.44. The number of H-pyrrole nitrogens is 1. The number of nitrogens with one attached hydrogen (secondary N) is 1. The summed E-state index contributed by atoms with van der Waals surface area (Å²) >= 11 is 6.89. The van der Waals surface area contributed by atoms with Gasteiger partial charge in [-0.1, -0.05) is 23.4 Å². The lowest BCUT2D eigenvalue weighted by Gasteiger charge is -2.03. The molecular weight excluding hydrogens is 300 g/mol. The zero-order valence-electron chi connectivity index (χ0n) is 10.5. The molecule has 5 nitrogen and oxygen atoms in total. The Morgan fingerprint density at radius 2 is 2.20 bits per heavy atom. The first-order valence-corrected chi connectivity index (χ1v) is 7.04. The van der Waals surface area contributed by atoms with Gasteiger partial charge in [0.05, 0.1) is 10.8 Å². The van der Waals surface area contributed by atoms with Crippen molar-refractivity contribution in [2.75, 3.05) is 5.75 Å². The molecule has 2 aromatic rings. The lowest BCUT2D eigenvalue weighted by molar-refractivity contribution is 0.102. The van der Waals surface area contributed by atoms with Crippen LogP contribution in [0.15, 0.2) is 34.2 Å². The molecule has 0 atom stereocenters. The summed E-state index contributed by atoms with van der Waals surface area (Å²) in [4.78, 5) is 29.9. The number of aromatic nitrogens is 2. The predicted octanol–water partition coefficient (Wildman–Crippen LogP) is 2.41. The molecule has 0 fully saturated rings. The Labute approximate surface area is 124 Å². The quantitative estimate of drug-likeness (QED) is 0.515. The molecule has 20 heavy (non-hydrogen) atoms. The zero-order valence-corrected chi connectivity index (χ0v) is 12.1. The summed E-state index contributed by atoms with van der Waals surface area (Å²) in [5, 5.41) is 9.82. The Hall–Kier alpha value is -1.79. The van der Waals surface area contributed by atoms with E-state index in [2.05, 4.69) is 9.97 Å². The number of carbonyl (C=O) groups excluding carboxylic acids is 1. The SMILES string of the molecule is Cc1cc(=O)[nH]c(SCC(=O)c2ccc(O)c(Cl)c2)n1. The topological polar surface area (TPSA) is 83.0 Å². The number of hydrogen-bond donors (Lipinski definition) is 2. The number of phenols is 1. The highest BCUT2D eigenvalue weighted by Crippen LogP contribution is 2.24. The molecule has 0 unspecified atom stereocenters. The van der Waals surface area contributed by atoms with Crippen molar-refractivity contribution in [3.63, 3.8) is 0 Å². The smallest absolute Gasteiger partial charge is 0.251 e. The van der Waals surface area contributed by atoms with E-state index in [0.717, 1.165) is 11.8 Å². The van der Waals surface area contributed by atoms with E-state index in [1.807, 2.05) is 0 Å².